The van der Waals surface area contributed by atoms with E-state index in [0.29, 0.717) is 23.7 Å². The minimum absolute atomic E-state index is 0.00275. The lowest BCUT2D eigenvalue weighted by Gasteiger charge is -2.45. The fourth-order valence-electron chi connectivity index (χ4n) is 7.19. The molecule has 3 nitrogen and oxygen atoms in total. The molecule has 4 heteroatoms. The molecule has 230 valence electrons. The van der Waals surface area contributed by atoms with Crippen molar-refractivity contribution < 1.29 is 18.7 Å². The van der Waals surface area contributed by atoms with E-state index in [-0.39, 0.29) is 23.8 Å². The number of carbonyl (C=O) groups excluding carboxylic acids is 2. The molecule has 4 fully saturated rings. The van der Waals surface area contributed by atoms with Gasteiger partial charge in [-0.25, -0.2) is 4.39 Å². The van der Waals surface area contributed by atoms with E-state index in [4.69, 9.17) is 9.53 Å². The van der Waals surface area contributed by atoms with Gasteiger partial charge in [0.25, 0.3) is 0 Å². The summed E-state index contributed by atoms with van der Waals surface area (Å²) in [7, 11) is 0. The first kappa shape index (κ1) is 33.7. The standard InChI is InChI=1S/C30H37FO2.C6H12.C2H4O/c1-4-5-9-22(23-11-8-12-25(31)18-23)16-14-20(2)15-17-27-26-13-7-6-10-24(26)19-28-29(27)21(3)33-30(28)32;1-2-6-4-3-5-6;1-2-3/h5,8-9,11-12,14-18,21,24,26-29H,4,6-7,10,13,19H2,1-3H3;6H,2-5H2,1H3;2H,1H3/b9-5+,17-15+,20-14+,22-16+;;/t21-,24+,26+,27-,28?,29?;;/m0../s1. The van der Waals surface area contributed by atoms with Crippen LogP contribution in [-0.4, -0.2) is 18.4 Å². The average Bonchev–Trinajstić information content (AvgIpc) is 3.23. The minimum atomic E-state index is -0.222. The summed E-state index contributed by atoms with van der Waals surface area (Å²) < 4.78 is 19.5. The van der Waals surface area contributed by atoms with Crippen molar-refractivity contribution in [1.82, 2.24) is 0 Å². The maximum Gasteiger partial charge on any atom is 0.309 e. The van der Waals surface area contributed by atoms with E-state index in [0.717, 1.165) is 41.8 Å². The Morgan fingerprint density at radius 1 is 1.05 bits per heavy atom. The van der Waals surface area contributed by atoms with E-state index >= 15 is 0 Å². The van der Waals surface area contributed by atoms with E-state index < -0.39 is 0 Å². The first-order valence-electron chi connectivity index (χ1n) is 16.4. The zero-order valence-corrected chi connectivity index (χ0v) is 26.6. The van der Waals surface area contributed by atoms with Crippen LogP contribution in [0.25, 0.3) is 5.57 Å². The van der Waals surface area contributed by atoms with Crippen LogP contribution in [0.15, 0.2) is 66.3 Å². The van der Waals surface area contributed by atoms with Crippen molar-refractivity contribution in [3.05, 3.63) is 77.7 Å². The van der Waals surface area contributed by atoms with Gasteiger partial charge in [0.2, 0.25) is 0 Å². The summed E-state index contributed by atoms with van der Waals surface area (Å²) in [5, 5.41) is 0. The molecule has 1 heterocycles. The van der Waals surface area contributed by atoms with Gasteiger partial charge in [0.15, 0.2) is 0 Å². The third-order valence-electron chi connectivity index (χ3n) is 9.68. The predicted molar refractivity (Wildman–Crippen MR) is 172 cm³/mol. The molecule has 1 aliphatic heterocycles. The summed E-state index contributed by atoms with van der Waals surface area (Å²) in [6.07, 6.45) is 26.6. The highest BCUT2D eigenvalue weighted by atomic mass is 19.1. The van der Waals surface area contributed by atoms with Crippen molar-refractivity contribution in [1.29, 1.82) is 0 Å². The number of ether oxygens (including phenoxy) is 1. The molecule has 0 aromatic heterocycles. The van der Waals surface area contributed by atoms with Gasteiger partial charge >= 0.3 is 5.97 Å². The molecule has 0 amide bonds. The molecular weight excluding hydrogens is 523 g/mol. The first-order valence-corrected chi connectivity index (χ1v) is 16.4. The summed E-state index contributed by atoms with van der Waals surface area (Å²) in [4.78, 5) is 21.3. The number of halogens is 1. The number of aldehydes is 1. The van der Waals surface area contributed by atoms with Crippen LogP contribution >= 0.6 is 0 Å². The Labute approximate surface area is 254 Å². The average molecular weight is 577 g/mol. The lowest BCUT2D eigenvalue weighted by Crippen LogP contribution is -2.42. The van der Waals surface area contributed by atoms with Crippen LogP contribution in [0.2, 0.25) is 0 Å². The second kappa shape index (κ2) is 17.4. The molecule has 1 aromatic carbocycles. The molecule has 1 saturated heterocycles. The molecule has 6 atom stereocenters. The van der Waals surface area contributed by atoms with Crippen LogP contribution in [-0.2, 0) is 14.3 Å². The van der Waals surface area contributed by atoms with Gasteiger partial charge in [-0.15, -0.1) is 0 Å². The maximum absolute atomic E-state index is 13.8. The van der Waals surface area contributed by atoms with Crippen molar-refractivity contribution in [2.45, 2.75) is 105 Å². The molecule has 3 aliphatic carbocycles. The third-order valence-corrected chi connectivity index (χ3v) is 9.68. The topological polar surface area (TPSA) is 43.4 Å². The van der Waals surface area contributed by atoms with Gasteiger partial charge in [-0.05, 0) is 87.0 Å². The summed E-state index contributed by atoms with van der Waals surface area (Å²) in [6, 6.07) is 6.75. The highest BCUT2D eigenvalue weighted by Gasteiger charge is 2.53. The van der Waals surface area contributed by atoms with Crippen LogP contribution in [0.4, 0.5) is 4.39 Å². The highest BCUT2D eigenvalue weighted by molar-refractivity contribution is 5.76. The van der Waals surface area contributed by atoms with Crippen LogP contribution in [0, 0.1) is 41.3 Å². The lowest BCUT2D eigenvalue weighted by molar-refractivity contribution is -0.144. The maximum atomic E-state index is 13.8. The smallest absolute Gasteiger partial charge is 0.309 e. The van der Waals surface area contributed by atoms with E-state index in [1.54, 1.807) is 12.1 Å². The highest BCUT2D eigenvalue weighted by Crippen LogP contribution is 2.53. The van der Waals surface area contributed by atoms with Crippen LogP contribution in [0.3, 0.4) is 0 Å². The molecule has 0 radical (unpaired) electrons. The number of hydrogen-bond acceptors (Lipinski definition) is 3. The van der Waals surface area contributed by atoms with E-state index in [9.17, 15) is 9.18 Å². The van der Waals surface area contributed by atoms with Crippen molar-refractivity contribution in [3.8, 4) is 0 Å². The fraction of sp³-hybridized carbons (Fsp3) is 0.579. The Balaban J connectivity index is 0.000000464. The lowest BCUT2D eigenvalue weighted by atomic mass is 9.57. The van der Waals surface area contributed by atoms with E-state index in [1.807, 2.05) is 6.07 Å². The number of rotatable bonds is 7. The van der Waals surface area contributed by atoms with Crippen molar-refractivity contribution >= 4 is 17.8 Å². The monoisotopic (exact) mass is 576 g/mol. The van der Waals surface area contributed by atoms with Gasteiger partial charge in [0, 0.05) is 5.92 Å². The van der Waals surface area contributed by atoms with Crippen molar-refractivity contribution in [3.63, 3.8) is 0 Å². The quantitative estimate of drug-likeness (QED) is 0.184. The van der Waals surface area contributed by atoms with Crippen LogP contribution in [0.5, 0.6) is 0 Å². The van der Waals surface area contributed by atoms with E-state index in [1.165, 1.54) is 64.4 Å². The molecule has 0 spiro atoms. The summed E-state index contributed by atoms with van der Waals surface area (Å²) in [5.74, 6) is 2.98. The van der Waals surface area contributed by atoms with Crippen molar-refractivity contribution in [2.75, 3.05) is 0 Å². The summed E-state index contributed by atoms with van der Waals surface area (Å²) >= 11 is 0. The van der Waals surface area contributed by atoms with Gasteiger partial charge in [-0.2, -0.15) is 0 Å². The predicted octanol–water partition coefficient (Wildman–Crippen LogP) is 10.1. The summed E-state index contributed by atoms with van der Waals surface area (Å²) in [6.45, 7) is 10.0. The SMILES string of the molecule is CC/C=C/C(=C\C=C(C)\C=C\[C@@H]1C2C(C[C@H]3CCCC[C@H]31)C(=O)O[C@H]2C)c1cccc(F)c1.CC=O.CCC1CCC1. The third kappa shape index (κ3) is 9.38. The van der Waals surface area contributed by atoms with Crippen LogP contribution in [0.1, 0.15) is 104 Å². The Morgan fingerprint density at radius 3 is 2.40 bits per heavy atom. The Kier molecular flexibility index (Phi) is 14.0. The second-order valence-corrected chi connectivity index (χ2v) is 12.5. The number of carbonyl (C=O) groups is 2. The number of allylic oxidation sites excluding steroid dienone is 8. The minimum Gasteiger partial charge on any atom is -0.462 e. The molecule has 2 unspecified atom stereocenters. The molecule has 1 aromatic rings. The van der Waals surface area contributed by atoms with Crippen LogP contribution < -0.4 is 0 Å². The van der Waals surface area contributed by atoms with Gasteiger partial charge in [0.1, 0.15) is 18.2 Å². The van der Waals surface area contributed by atoms with Gasteiger partial charge in [-0.1, -0.05) is 113 Å². The fourth-order valence-corrected chi connectivity index (χ4v) is 7.19. The van der Waals surface area contributed by atoms with E-state index in [2.05, 4.69) is 64.2 Å². The largest absolute Gasteiger partial charge is 0.462 e. The Morgan fingerprint density at radius 2 is 1.79 bits per heavy atom. The number of cyclic esters (lactones) is 1. The molecule has 3 saturated carbocycles. The zero-order chi connectivity index (χ0) is 30.5. The van der Waals surface area contributed by atoms with Gasteiger partial charge in [-0.3, -0.25) is 4.79 Å². The number of esters is 1. The molecule has 0 bridgehead atoms. The molecule has 5 rings (SSSR count). The second-order valence-electron chi connectivity index (χ2n) is 12.5. The Bertz CT molecular complexity index is 1120. The Hall–Kier alpha value is -2.75. The number of fused-ring (bicyclic) bond motifs is 2. The van der Waals surface area contributed by atoms with Crippen molar-refractivity contribution in [2.24, 2.45) is 35.5 Å². The van der Waals surface area contributed by atoms with Gasteiger partial charge < -0.3 is 9.53 Å². The van der Waals surface area contributed by atoms with Gasteiger partial charge in [0.05, 0.1) is 5.92 Å². The molecule has 42 heavy (non-hydrogen) atoms. The molecule has 0 N–H and O–H groups in total. The summed E-state index contributed by atoms with van der Waals surface area (Å²) in [5.41, 5.74) is 3.03. The number of hydrogen-bond donors (Lipinski definition) is 0. The number of benzene rings is 1. The molecule has 4 aliphatic rings. The molecular formula is C38H53FO3. The normalized spacial score (nSPS) is 29.4. The zero-order valence-electron chi connectivity index (χ0n) is 26.6. The first-order chi connectivity index (χ1) is 20.3.